The number of pyridine rings is 1. The number of aromatic nitrogens is 1. The largest absolute Gasteiger partial charge is 0.507 e. The zero-order valence-corrected chi connectivity index (χ0v) is 17.4. The van der Waals surface area contributed by atoms with E-state index >= 15 is 0 Å². The first-order chi connectivity index (χ1) is 15.4. The van der Waals surface area contributed by atoms with Crippen LogP contribution in [0.1, 0.15) is 46.0 Å². The molecule has 4 N–H and O–H groups in total. The predicted octanol–water partition coefficient (Wildman–Crippen LogP) is 2.80. The van der Waals surface area contributed by atoms with Crippen molar-refractivity contribution < 1.29 is 19.8 Å². The SMILES string of the molecule is C/C(=N\NC(=O)c1ccccc1O)c1cccc(/C(C)=N/NC(=O)c2ccccc2O)n1. The Morgan fingerprint density at radius 3 is 1.50 bits per heavy atom. The average molecular weight is 431 g/mol. The van der Waals surface area contributed by atoms with Crippen LogP contribution in [0.2, 0.25) is 0 Å². The summed E-state index contributed by atoms with van der Waals surface area (Å²) in [5, 5.41) is 27.6. The number of aromatic hydroxyl groups is 2. The average Bonchev–Trinajstić information content (AvgIpc) is 2.81. The van der Waals surface area contributed by atoms with Crippen LogP contribution < -0.4 is 10.9 Å². The number of rotatable bonds is 6. The number of hydrogen-bond donors (Lipinski definition) is 4. The lowest BCUT2D eigenvalue weighted by atomic mass is 10.2. The van der Waals surface area contributed by atoms with Gasteiger partial charge in [0.2, 0.25) is 0 Å². The summed E-state index contributed by atoms with van der Waals surface area (Å²) in [5.74, 6) is -1.39. The van der Waals surface area contributed by atoms with Crippen molar-refractivity contribution in [2.75, 3.05) is 0 Å². The fourth-order valence-electron chi connectivity index (χ4n) is 2.67. The normalized spacial score (nSPS) is 11.7. The summed E-state index contributed by atoms with van der Waals surface area (Å²) in [6.07, 6.45) is 0. The first kappa shape index (κ1) is 22.2. The van der Waals surface area contributed by atoms with Gasteiger partial charge in [0.15, 0.2) is 0 Å². The van der Waals surface area contributed by atoms with Gasteiger partial charge in [-0.05, 0) is 50.2 Å². The molecule has 0 saturated carbocycles. The molecule has 32 heavy (non-hydrogen) atoms. The van der Waals surface area contributed by atoms with Crippen LogP contribution in [0, 0.1) is 0 Å². The minimum atomic E-state index is -0.553. The zero-order valence-electron chi connectivity index (χ0n) is 17.4. The van der Waals surface area contributed by atoms with Crippen molar-refractivity contribution in [2.24, 2.45) is 10.2 Å². The summed E-state index contributed by atoms with van der Waals surface area (Å²) >= 11 is 0. The molecule has 0 saturated heterocycles. The van der Waals surface area contributed by atoms with Crippen molar-refractivity contribution in [3.63, 3.8) is 0 Å². The Kier molecular flexibility index (Phi) is 6.92. The highest BCUT2D eigenvalue weighted by Gasteiger charge is 2.11. The highest BCUT2D eigenvalue weighted by atomic mass is 16.3. The van der Waals surface area contributed by atoms with Crippen LogP contribution in [0.25, 0.3) is 0 Å². The number of phenolic OH excluding ortho intramolecular Hbond substituents is 2. The highest BCUT2D eigenvalue weighted by molar-refractivity contribution is 6.03. The molecule has 9 heteroatoms. The predicted molar refractivity (Wildman–Crippen MR) is 120 cm³/mol. The molecule has 3 aromatic rings. The van der Waals surface area contributed by atoms with Crippen LogP contribution in [0.4, 0.5) is 0 Å². The van der Waals surface area contributed by atoms with E-state index in [0.29, 0.717) is 22.8 Å². The van der Waals surface area contributed by atoms with Crippen molar-refractivity contribution in [2.45, 2.75) is 13.8 Å². The van der Waals surface area contributed by atoms with Crippen LogP contribution >= 0.6 is 0 Å². The standard InChI is InChI=1S/C23H21N5O4/c1-14(25-27-22(31)16-8-3-5-12-20(16)29)18-10-7-11-19(24-18)15(2)26-28-23(32)17-9-4-6-13-21(17)30/h3-13,29-30H,1-2H3,(H,27,31)(H,28,32)/b25-14+,26-15+. The van der Waals surface area contributed by atoms with Gasteiger partial charge in [-0.25, -0.2) is 15.8 Å². The van der Waals surface area contributed by atoms with Crippen LogP contribution in [-0.2, 0) is 0 Å². The molecule has 3 rings (SSSR count). The number of phenols is 2. The lowest BCUT2D eigenvalue weighted by molar-refractivity contribution is 0.0943. The maximum atomic E-state index is 12.2. The summed E-state index contributed by atoms with van der Waals surface area (Å²) in [5.41, 5.74) is 6.83. The Balaban J connectivity index is 1.71. The molecule has 0 aliphatic heterocycles. The molecule has 0 aliphatic rings. The van der Waals surface area contributed by atoms with Gasteiger partial charge in [0.05, 0.1) is 33.9 Å². The summed E-state index contributed by atoms with van der Waals surface area (Å²) in [7, 11) is 0. The van der Waals surface area contributed by atoms with E-state index in [4.69, 9.17) is 0 Å². The molecule has 0 aliphatic carbocycles. The third kappa shape index (κ3) is 5.33. The van der Waals surface area contributed by atoms with Gasteiger partial charge in [0, 0.05) is 0 Å². The summed E-state index contributed by atoms with van der Waals surface area (Å²) < 4.78 is 0. The Morgan fingerprint density at radius 2 is 1.09 bits per heavy atom. The van der Waals surface area contributed by atoms with Gasteiger partial charge in [-0.2, -0.15) is 10.2 Å². The summed E-state index contributed by atoms with van der Waals surface area (Å²) in [6.45, 7) is 3.34. The number of hydrogen-bond acceptors (Lipinski definition) is 7. The van der Waals surface area contributed by atoms with E-state index in [1.54, 1.807) is 56.3 Å². The molecule has 0 unspecified atom stereocenters. The van der Waals surface area contributed by atoms with Gasteiger partial charge in [-0.3, -0.25) is 9.59 Å². The van der Waals surface area contributed by atoms with E-state index in [-0.39, 0.29) is 22.6 Å². The Bertz CT molecular complexity index is 1130. The van der Waals surface area contributed by atoms with Gasteiger partial charge in [0.25, 0.3) is 11.8 Å². The van der Waals surface area contributed by atoms with E-state index in [0.717, 1.165) is 0 Å². The second-order valence-electron chi connectivity index (χ2n) is 6.72. The third-order valence-electron chi connectivity index (χ3n) is 4.44. The van der Waals surface area contributed by atoms with Crippen molar-refractivity contribution in [3.8, 4) is 11.5 Å². The highest BCUT2D eigenvalue weighted by Crippen LogP contribution is 2.16. The number of carbonyl (C=O) groups is 2. The number of hydrazone groups is 2. The van der Waals surface area contributed by atoms with Crippen molar-refractivity contribution in [1.82, 2.24) is 15.8 Å². The molecule has 0 radical (unpaired) electrons. The molecule has 0 spiro atoms. The molecule has 162 valence electrons. The number of nitrogens with zero attached hydrogens (tertiary/aromatic N) is 3. The van der Waals surface area contributed by atoms with E-state index in [2.05, 4.69) is 26.0 Å². The van der Waals surface area contributed by atoms with Crippen molar-refractivity contribution >= 4 is 23.2 Å². The number of nitrogens with one attached hydrogen (secondary N) is 2. The Hall–Kier alpha value is -4.53. The lowest BCUT2D eigenvalue weighted by Crippen LogP contribution is -2.21. The van der Waals surface area contributed by atoms with Gasteiger partial charge >= 0.3 is 0 Å². The van der Waals surface area contributed by atoms with Crippen molar-refractivity contribution in [3.05, 3.63) is 89.2 Å². The first-order valence-electron chi connectivity index (χ1n) is 9.60. The van der Waals surface area contributed by atoms with E-state index in [1.165, 1.54) is 24.3 Å². The van der Waals surface area contributed by atoms with Gasteiger partial charge in [-0.15, -0.1) is 0 Å². The molecule has 1 heterocycles. The molecule has 0 bridgehead atoms. The third-order valence-corrected chi connectivity index (χ3v) is 4.44. The quantitative estimate of drug-likeness (QED) is 0.351. The maximum absolute atomic E-state index is 12.2. The molecule has 0 fully saturated rings. The molecule has 2 aromatic carbocycles. The van der Waals surface area contributed by atoms with Gasteiger partial charge < -0.3 is 10.2 Å². The minimum Gasteiger partial charge on any atom is -0.507 e. The monoisotopic (exact) mass is 431 g/mol. The second kappa shape index (κ2) is 9.98. The minimum absolute atomic E-state index is 0.105. The topological polar surface area (TPSA) is 136 Å². The van der Waals surface area contributed by atoms with Crippen LogP contribution in [-0.4, -0.2) is 38.4 Å². The lowest BCUT2D eigenvalue weighted by Gasteiger charge is -2.07. The number of amides is 2. The maximum Gasteiger partial charge on any atom is 0.275 e. The molecular weight excluding hydrogens is 410 g/mol. The van der Waals surface area contributed by atoms with E-state index in [1.807, 2.05) is 0 Å². The van der Waals surface area contributed by atoms with E-state index in [9.17, 15) is 19.8 Å². The number of para-hydroxylation sites is 2. The fourth-order valence-corrected chi connectivity index (χ4v) is 2.67. The second-order valence-corrected chi connectivity index (χ2v) is 6.72. The molecule has 2 amide bonds. The fraction of sp³-hybridized carbons (Fsp3) is 0.0870. The molecule has 1 aromatic heterocycles. The Morgan fingerprint density at radius 1 is 0.688 bits per heavy atom. The first-order valence-corrected chi connectivity index (χ1v) is 9.60. The van der Waals surface area contributed by atoms with Crippen LogP contribution in [0.15, 0.2) is 76.9 Å². The van der Waals surface area contributed by atoms with Crippen LogP contribution in [0.5, 0.6) is 11.5 Å². The summed E-state index contributed by atoms with van der Waals surface area (Å²) in [6, 6.07) is 17.5. The summed E-state index contributed by atoms with van der Waals surface area (Å²) in [4.78, 5) is 28.8. The van der Waals surface area contributed by atoms with E-state index < -0.39 is 11.8 Å². The smallest absolute Gasteiger partial charge is 0.275 e. The van der Waals surface area contributed by atoms with Gasteiger partial charge in [0.1, 0.15) is 11.5 Å². The number of benzene rings is 2. The van der Waals surface area contributed by atoms with Crippen molar-refractivity contribution in [1.29, 1.82) is 0 Å². The number of carbonyl (C=O) groups excluding carboxylic acids is 2. The van der Waals surface area contributed by atoms with Gasteiger partial charge in [-0.1, -0.05) is 30.3 Å². The Labute approximate surface area is 184 Å². The molecule has 9 nitrogen and oxygen atoms in total. The zero-order chi connectivity index (χ0) is 23.1. The molecule has 0 atom stereocenters. The molecular formula is C23H21N5O4. The van der Waals surface area contributed by atoms with Crippen LogP contribution in [0.3, 0.4) is 0 Å².